The van der Waals surface area contributed by atoms with Crippen LogP contribution in [0.4, 0.5) is 10.1 Å². The van der Waals surface area contributed by atoms with Crippen LogP contribution >= 0.6 is 0 Å². The molecular weight excluding hydrogens is 357 g/mol. The van der Waals surface area contributed by atoms with Gasteiger partial charge in [-0.3, -0.25) is 14.9 Å². The van der Waals surface area contributed by atoms with Gasteiger partial charge in [-0.2, -0.15) is 0 Å². The molecule has 0 bridgehead atoms. The number of carbonyl (C=O) groups excluding carboxylic acids is 1. The molecule has 0 aliphatic carbocycles. The Hall–Kier alpha value is -3.62. The van der Waals surface area contributed by atoms with E-state index in [1.165, 1.54) is 48.5 Å². The average Bonchev–Trinajstić information content (AvgIpc) is 3.14. The van der Waals surface area contributed by atoms with E-state index in [2.05, 4.69) is 10.2 Å². The number of nitrogens with zero attached hydrogens (tertiary/aromatic N) is 3. The van der Waals surface area contributed by atoms with E-state index in [1.807, 2.05) is 0 Å². The van der Waals surface area contributed by atoms with E-state index in [0.717, 1.165) is 0 Å². The number of nitro benzene ring substituents is 1. The topological polar surface area (TPSA) is 108 Å². The van der Waals surface area contributed by atoms with Gasteiger partial charge in [0.2, 0.25) is 5.89 Å². The van der Waals surface area contributed by atoms with E-state index < -0.39 is 17.0 Å². The quantitative estimate of drug-likeness (QED) is 0.370. The first-order valence-electron chi connectivity index (χ1n) is 7.94. The van der Waals surface area contributed by atoms with Crippen molar-refractivity contribution in [3.8, 4) is 11.5 Å². The summed E-state index contributed by atoms with van der Waals surface area (Å²) in [4.78, 5) is 22.2. The molecule has 1 atom stereocenters. The highest BCUT2D eigenvalue weighted by molar-refractivity contribution is 5.72. The van der Waals surface area contributed by atoms with Crippen molar-refractivity contribution in [2.24, 2.45) is 0 Å². The molecule has 3 aromatic rings. The molecule has 138 valence electrons. The van der Waals surface area contributed by atoms with E-state index in [0.29, 0.717) is 11.1 Å². The van der Waals surface area contributed by atoms with Crippen molar-refractivity contribution in [3.63, 3.8) is 0 Å². The average molecular weight is 371 g/mol. The normalized spacial score (nSPS) is 11.8. The third kappa shape index (κ3) is 4.51. The minimum Gasteiger partial charge on any atom is -0.452 e. The number of hydrogen-bond acceptors (Lipinski definition) is 7. The van der Waals surface area contributed by atoms with Crippen LogP contribution in [-0.2, 0) is 16.0 Å². The Morgan fingerprint density at radius 3 is 2.48 bits per heavy atom. The van der Waals surface area contributed by atoms with Crippen LogP contribution in [0.25, 0.3) is 11.5 Å². The molecule has 0 aliphatic rings. The highest BCUT2D eigenvalue weighted by Gasteiger charge is 2.19. The molecule has 0 aliphatic heterocycles. The van der Waals surface area contributed by atoms with Crippen molar-refractivity contribution in [3.05, 3.63) is 75.9 Å². The van der Waals surface area contributed by atoms with Crippen LogP contribution in [0.2, 0.25) is 0 Å². The predicted molar refractivity (Wildman–Crippen MR) is 91.0 cm³/mol. The molecule has 0 amide bonds. The number of halogens is 1. The lowest BCUT2D eigenvalue weighted by molar-refractivity contribution is -0.384. The molecular formula is C18H14FN3O5. The number of hydrogen-bond donors (Lipinski definition) is 0. The van der Waals surface area contributed by atoms with Gasteiger partial charge in [0.15, 0.2) is 6.10 Å². The van der Waals surface area contributed by atoms with E-state index in [4.69, 9.17) is 9.15 Å². The fourth-order valence-electron chi connectivity index (χ4n) is 2.30. The molecule has 0 spiro atoms. The van der Waals surface area contributed by atoms with Crippen molar-refractivity contribution in [2.45, 2.75) is 19.4 Å². The molecule has 0 radical (unpaired) electrons. The SMILES string of the molecule is C[C@@H](OC(=O)Cc1ccc(F)cc1)c1nnc(-c2ccc([N+](=O)[O-])cc2)o1. The minimum atomic E-state index is -0.780. The molecule has 1 heterocycles. The maximum absolute atomic E-state index is 12.9. The maximum atomic E-state index is 12.9. The Bertz CT molecular complexity index is 954. The zero-order valence-electron chi connectivity index (χ0n) is 14.2. The summed E-state index contributed by atoms with van der Waals surface area (Å²) < 4.78 is 23.6. The van der Waals surface area contributed by atoms with Crippen molar-refractivity contribution in [1.82, 2.24) is 10.2 Å². The monoisotopic (exact) mass is 371 g/mol. The van der Waals surface area contributed by atoms with Crippen LogP contribution in [0, 0.1) is 15.9 Å². The highest BCUT2D eigenvalue weighted by Crippen LogP contribution is 2.24. The number of ether oxygens (including phenoxy) is 1. The summed E-state index contributed by atoms with van der Waals surface area (Å²) in [6.45, 7) is 1.58. The molecule has 0 fully saturated rings. The molecule has 0 saturated heterocycles. The van der Waals surface area contributed by atoms with Gasteiger partial charge in [-0.05, 0) is 36.8 Å². The summed E-state index contributed by atoms with van der Waals surface area (Å²) in [5, 5.41) is 18.4. The predicted octanol–water partition coefficient (Wildman–Crippen LogP) is 3.63. The van der Waals surface area contributed by atoms with Gasteiger partial charge < -0.3 is 9.15 Å². The van der Waals surface area contributed by atoms with Gasteiger partial charge in [0.05, 0.1) is 11.3 Å². The van der Waals surface area contributed by atoms with Crippen molar-refractivity contribution in [2.75, 3.05) is 0 Å². The molecule has 9 heteroatoms. The number of rotatable bonds is 6. The lowest BCUT2D eigenvalue weighted by Gasteiger charge is -2.09. The second kappa shape index (κ2) is 7.73. The van der Waals surface area contributed by atoms with E-state index >= 15 is 0 Å². The Kier molecular flexibility index (Phi) is 5.20. The molecule has 0 unspecified atom stereocenters. The molecule has 2 aromatic carbocycles. The Balaban J connectivity index is 1.63. The minimum absolute atomic E-state index is 0.0199. The van der Waals surface area contributed by atoms with E-state index in [-0.39, 0.29) is 29.7 Å². The zero-order chi connectivity index (χ0) is 19.4. The van der Waals surface area contributed by atoms with Crippen molar-refractivity contribution >= 4 is 11.7 Å². The number of carbonyl (C=O) groups is 1. The summed E-state index contributed by atoms with van der Waals surface area (Å²) in [7, 11) is 0. The van der Waals surface area contributed by atoms with Gasteiger partial charge >= 0.3 is 5.97 Å². The first-order valence-corrected chi connectivity index (χ1v) is 7.94. The Labute approximate surface area is 152 Å². The van der Waals surface area contributed by atoms with Gasteiger partial charge in [0, 0.05) is 17.7 Å². The summed E-state index contributed by atoms with van der Waals surface area (Å²) in [6.07, 6.45) is -0.800. The van der Waals surface area contributed by atoms with Gasteiger partial charge in [-0.15, -0.1) is 10.2 Å². The van der Waals surface area contributed by atoms with Crippen LogP contribution < -0.4 is 0 Å². The second-order valence-electron chi connectivity index (χ2n) is 5.68. The summed E-state index contributed by atoms with van der Waals surface area (Å²) >= 11 is 0. The lowest BCUT2D eigenvalue weighted by atomic mass is 10.1. The third-order valence-electron chi connectivity index (χ3n) is 3.68. The molecule has 1 aromatic heterocycles. The highest BCUT2D eigenvalue weighted by atomic mass is 19.1. The summed E-state index contributed by atoms with van der Waals surface area (Å²) in [5.74, 6) is -0.661. The van der Waals surface area contributed by atoms with Gasteiger partial charge in [0.1, 0.15) is 5.82 Å². The molecule has 0 saturated carbocycles. The number of non-ortho nitro benzene ring substituents is 1. The van der Waals surface area contributed by atoms with Gasteiger partial charge in [0.25, 0.3) is 11.6 Å². The summed E-state index contributed by atoms with van der Waals surface area (Å²) in [6, 6.07) is 11.2. The first kappa shape index (κ1) is 18.2. The smallest absolute Gasteiger partial charge is 0.311 e. The zero-order valence-corrected chi connectivity index (χ0v) is 14.2. The standard InChI is InChI=1S/C18H14FN3O5/c1-11(26-16(23)10-12-2-6-14(19)7-3-12)17-20-21-18(27-17)13-4-8-15(9-5-13)22(24)25/h2-9,11H,10H2,1H3/t11-/m1/s1. The molecule has 0 N–H and O–H groups in total. The number of benzene rings is 2. The molecule has 27 heavy (non-hydrogen) atoms. The van der Waals surface area contributed by atoms with Crippen LogP contribution in [0.5, 0.6) is 0 Å². The Morgan fingerprint density at radius 1 is 1.19 bits per heavy atom. The third-order valence-corrected chi connectivity index (χ3v) is 3.68. The number of aromatic nitrogens is 2. The van der Waals surface area contributed by atoms with Crippen LogP contribution in [0.15, 0.2) is 52.9 Å². The fraction of sp³-hybridized carbons (Fsp3) is 0.167. The van der Waals surface area contributed by atoms with Crippen molar-refractivity contribution in [1.29, 1.82) is 0 Å². The molecule has 8 nitrogen and oxygen atoms in total. The van der Waals surface area contributed by atoms with Gasteiger partial charge in [-0.25, -0.2) is 4.39 Å². The Morgan fingerprint density at radius 2 is 1.85 bits per heavy atom. The second-order valence-corrected chi connectivity index (χ2v) is 5.68. The van der Waals surface area contributed by atoms with Crippen LogP contribution in [0.3, 0.4) is 0 Å². The largest absolute Gasteiger partial charge is 0.452 e. The summed E-state index contributed by atoms with van der Waals surface area (Å²) in [5.41, 5.74) is 1.07. The number of esters is 1. The fourth-order valence-corrected chi connectivity index (χ4v) is 2.30. The van der Waals surface area contributed by atoms with Crippen LogP contribution in [-0.4, -0.2) is 21.1 Å². The van der Waals surface area contributed by atoms with Gasteiger partial charge in [-0.1, -0.05) is 12.1 Å². The maximum Gasteiger partial charge on any atom is 0.311 e. The van der Waals surface area contributed by atoms with Crippen LogP contribution in [0.1, 0.15) is 24.5 Å². The van der Waals surface area contributed by atoms with E-state index in [9.17, 15) is 19.3 Å². The van der Waals surface area contributed by atoms with E-state index in [1.54, 1.807) is 6.92 Å². The lowest BCUT2D eigenvalue weighted by Crippen LogP contribution is -2.11. The molecule has 3 rings (SSSR count). The number of nitro groups is 1. The van der Waals surface area contributed by atoms with Crippen molar-refractivity contribution < 1.29 is 23.3 Å². The first-order chi connectivity index (χ1) is 12.9.